The second kappa shape index (κ2) is 6.35. The van der Waals surface area contributed by atoms with Gasteiger partial charge in [0.1, 0.15) is 11.7 Å². The molecule has 0 fully saturated rings. The molecule has 0 aliphatic heterocycles. The highest BCUT2D eigenvalue weighted by Gasteiger charge is 2.24. The minimum Gasteiger partial charge on any atom is -0.299 e. The lowest BCUT2D eigenvalue weighted by Gasteiger charge is -2.11. The fourth-order valence-corrected chi connectivity index (χ4v) is 1.78. The Hall–Kier alpha value is -1.42. The number of ketones is 1. The average molecular weight is 256 g/mol. The van der Waals surface area contributed by atoms with Crippen LogP contribution in [0, 0.1) is 10.1 Å². The molecule has 17 heavy (non-hydrogen) atoms. The fourth-order valence-electron chi connectivity index (χ4n) is 1.66. The summed E-state index contributed by atoms with van der Waals surface area (Å²) in [5.41, 5.74) is 0.657. The molecule has 0 saturated carbocycles. The van der Waals surface area contributed by atoms with Gasteiger partial charge in [0.15, 0.2) is 0 Å². The predicted molar refractivity (Wildman–Crippen MR) is 66.0 cm³/mol. The van der Waals surface area contributed by atoms with Crippen LogP contribution >= 0.6 is 11.6 Å². The van der Waals surface area contributed by atoms with Crippen LogP contribution in [0.1, 0.15) is 31.2 Å². The van der Waals surface area contributed by atoms with Gasteiger partial charge >= 0.3 is 0 Å². The SMILES string of the molecule is CCCC(=O)C(C[N+](=O)[O-])c1ccc(Cl)cc1. The van der Waals surface area contributed by atoms with E-state index >= 15 is 0 Å². The first-order valence-corrected chi connectivity index (χ1v) is 5.82. The Balaban J connectivity index is 2.92. The van der Waals surface area contributed by atoms with Crippen molar-refractivity contribution in [1.29, 1.82) is 0 Å². The molecule has 0 aliphatic rings. The molecule has 0 heterocycles. The number of nitrogens with zero attached hydrogens (tertiary/aromatic N) is 1. The molecule has 4 nitrogen and oxygen atoms in total. The first-order valence-electron chi connectivity index (χ1n) is 5.44. The maximum atomic E-state index is 11.8. The number of carbonyl (C=O) groups excluding carboxylic acids is 1. The Bertz CT molecular complexity index is 403. The van der Waals surface area contributed by atoms with E-state index < -0.39 is 10.8 Å². The minimum atomic E-state index is -0.665. The van der Waals surface area contributed by atoms with Crippen LogP contribution in [0.25, 0.3) is 0 Å². The number of Topliss-reactive ketones (excluding diaryl/α,β-unsaturated/α-hetero) is 1. The molecule has 0 bridgehead atoms. The first-order chi connectivity index (χ1) is 8.04. The number of nitro groups is 1. The molecule has 1 rings (SSSR count). The van der Waals surface area contributed by atoms with Gasteiger partial charge < -0.3 is 0 Å². The van der Waals surface area contributed by atoms with E-state index in [2.05, 4.69) is 0 Å². The van der Waals surface area contributed by atoms with Crippen LogP contribution in [-0.4, -0.2) is 17.3 Å². The number of rotatable bonds is 6. The van der Waals surface area contributed by atoms with E-state index in [0.717, 1.165) is 0 Å². The zero-order chi connectivity index (χ0) is 12.8. The average Bonchev–Trinajstić information content (AvgIpc) is 2.27. The molecular formula is C12H14ClNO3. The van der Waals surface area contributed by atoms with Crippen LogP contribution in [0.3, 0.4) is 0 Å². The van der Waals surface area contributed by atoms with Gasteiger partial charge in [-0.05, 0) is 24.1 Å². The summed E-state index contributed by atoms with van der Waals surface area (Å²) < 4.78 is 0. The second-order valence-electron chi connectivity index (χ2n) is 3.84. The van der Waals surface area contributed by atoms with Crippen LogP contribution in [0.2, 0.25) is 5.02 Å². The van der Waals surface area contributed by atoms with Gasteiger partial charge in [-0.2, -0.15) is 0 Å². The molecule has 1 aromatic rings. The molecule has 0 amide bonds. The van der Waals surface area contributed by atoms with Crippen LogP contribution < -0.4 is 0 Å². The third-order valence-corrected chi connectivity index (χ3v) is 2.74. The predicted octanol–water partition coefficient (Wildman–Crippen LogP) is 3.07. The molecule has 0 radical (unpaired) electrons. The lowest BCUT2D eigenvalue weighted by Crippen LogP contribution is -2.21. The van der Waals surface area contributed by atoms with E-state index in [4.69, 9.17) is 11.6 Å². The van der Waals surface area contributed by atoms with Crippen molar-refractivity contribution in [3.8, 4) is 0 Å². The molecule has 0 aromatic heterocycles. The molecule has 1 aromatic carbocycles. The number of halogens is 1. The lowest BCUT2D eigenvalue weighted by atomic mass is 9.92. The van der Waals surface area contributed by atoms with Crippen LogP contribution in [0.15, 0.2) is 24.3 Å². The van der Waals surface area contributed by atoms with Crippen molar-refractivity contribution in [1.82, 2.24) is 0 Å². The van der Waals surface area contributed by atoms with E-state index in [0.29, 0.717) is 23.4 Å². The van der Waals surface area contributed by atoms with Crippen molar-refractivity contribution in [2.45, 2.75) is 25.7 Å². The summed E-state index contributed by atoms with van der Waals surface area (Å²) >= 11 is 5.74. The van der Waals surface area contributed by atoms with E-state index in [9.17, 15) is 14.9 Å². The Labute approximate surface area is 105 Å². The van der Waals surface area contributed by atoms with Crippen molar-refractivity contribution in [2.75, 3.05) is 6.54 Å². The smallest absolute Gasteiger partial charge is 0.217 e. The Morgan fingerprint density at radius 1 is 1.41 bits per heavy atom. The van der Waals surface area contributed by atoms with Crippen molar-refractivity contribution in [3.05, 3.63) is 45.0 Å². The number of benzene rings is 1. The summed E-state index contributed by atoms with van der Waals surface area (Å²) in [4.78, 5) is 22.0. The maximum Gasteiger partial charge on any atom is 0.217 e. The Morgan fingerprint density at radius 2 is 2.00 bits per heavy atom. The summed E-state index contributed by atoms with van der Waals surface area (Å²) in [5, 5.41) is 11.1. The van der Waals surface area contributed by atoms with Crippen molar-refractivity contribution in [2.24, 2.45) is 0 Å². The fraction of sp³-hybridized carbons (Fsp3) is 0.417. The Kier molecular flexibility index (Phi) is 5.10. The Morgan fingerprint density at radius 3 is 2.47 bits per heavy atom. The first kappa shape index (κ1) is 13.6. The van der Waals surface area contributed by atoms with Gasteiger partial charge in [0.25, 0.3) is 0 Å². The third kappa shape index (κ3) is 4.15. The highest BCUT2D eigenvalue weighted by molar-refractivity contribution is 6.30. The second-order valence-corrected chi connectivity index (χ2v) is 4.27. The van der Waals surface area contributed by atoms with Gasteiger partial charge in [0, 0.05) is 16.4 Å². The van der Waals surface area contributed by atoms with Gasteiger partial charge in [0.2, 0.25) is 6.54 Å². The summed E-state index contributed by atoms with van der Waals surface area (Å²) in [5.74, 6) is -0.756. The molecule has 0 saturated heterocycles. The monoisotopic (exact) mass is 255 g/mol. The third-order valence-electron chi connectivity index (χ3n) is 2.49. The van der Waals surface area contributed by atoms with Crippen molar-refractivity contribution >= 4 is 17.4 Å². The zero-order valence-electron chi connectivity index (χ0n) is 9.56. The topological polar surface area (TPSA) is 60.2 Å². The molecule has 92 valence electrons. The highest BCUT2D eigenvalue weighted by atomic mass is 35.5. The largest absolute Gasteiger partial charge is 0.299 e. The van der Waals surface area contributed by atoms with Gasteiger partial charge in [-0.25, -0.2) is 0 Å². The van der Waals surface area contributed by atoms with Crippen LogP contribution in [0.4, 0.5) is 0 Å². The van der Waals surface area contributed by atoms with E-state index in [-0.39, 0.29) is 12.3 Å². The molecule has 0 N–H and O–H groups in total. The van der Waals surface area contributed by atoms with Crippen LogP contribution in [0.5, 0.6) is 0 Å². The normalized spacial score (nSPS) is 12.1. The van der Waals surface area contributed by atoms with Crippen molar-refractivity contribution in [3.63, 3.8) is 0 Å². The van der Waals surface area contributed by atoms with Gasteiger partial charge in [-0.15, -0.1) is 0 Å². The highest BCUT2D eigenvalue weighted by Crippen LogP contribution is 2.21. The summed E-state index contributed by atoms with van der Waals surface area (Å²) in [7, 11) is 0. The van der Waals surface area contributed by atoms with Gasteiger partial charge in [-0.1, -0.05) is 30.7 Å². The quantitative estimate of drug-likeness (QED) is 0.580. The molecule has 1 unspecified atom stereocenters. The molecule has 0 aliphatic carbocycles. The van der Waals surface area contributed by atoms with Crippen LogP contribution in [-0.2, 0) is 4.79 Å². The maximum absolute atomic E-state index is 11.8. The number of hydrogen-bond donors (Lipinski definition) is 0. The van der Waals surface area contributed by atoms with E-state index in [1.54, 1.807) is 24.3 Å². The van der Waals surface area contributed by atoms with Crippen molar-refractivity contribution < 1.29 is 9.72 Å². The summed E-state index contributed by atoms with van der Waals surface area (Å²) in [6, 6.07) is 6.63. The summed E-state index contributed by atoms with van der Waals surface area (Å²) in [6.07, 6.45) is 1.06. The van der Waals surface area contributed by atoms with E-state index in [1.165, 1.54) is 0 Å². The number of hydrogen-bond acceptors (Lipinski definition) is 3. The molecular weight excluding hydrogens is 242 g/mol. The summed E-state index contributed by atoms with van der Waals surface area (Å²) in [6.45, 7) is 1.52. The van der Waals surface area contributed by atoms with Gasteiger partial charge in [-0.3, -0.25) is 14.9 Å². The zero-order valence-corrected chi connectivity index (χ0v) is 10.3. The van der Waals surface area contributed by atoms with E-state index in [1.807, 2.05) is 6.92 Å². The standard InChI is InChI=1S/C12H14ClNO3/c1-2-3-12(15)11(8-14(16)17)9-4-6-10(13)7-5-9/h4-7,11H,2-3,8H2,1H3. The molecule has 5 heteroatoms. The minimum absolute atomic E-state index is 0.0912. The molecule has 0 spiro atoms. The lowest BCUT2D eigenvalue weighted by molar-refractivity contribution is -0.481. The number of carbonyl (C=O) groups is 1. The van der Waals surface area contributed by atoms with Gasteiger partial charge in [0.05, 0.1) is 0 Å². The molecule has 1 atom stereocenters.